The molecule has 4 heterocycles. The number of anilines is 4. The van der Waals surface area contributed by atoms with Crippen LogP contribution in [0.5, 0.6) is 0 Å². The van der Waals surface area contributed by atoms with Crippen molar-refractivity contribution >= 4 is 44.7 Å². The van der Waals surface area contributed by atoms with Crippen molar-refractivity contribution in [3.8, 4) is 0 Å². The number of rotatable bonds is 5. The van der Waals surface area contributed by atoms with Gasteiger partial charge in [0, 0.05) is 64.8 Å². The second-order valence-corrected chi connectivity index (χ2v) is 14.1. The van der Waals surface area contributed by atoms with Crippen molar-refractivity contribution in [3.63, 3.8) is 0 Å². The van der Waals surface area contributed by atoms with E-state index in [1.807, 2.05) is 30.5 Å². The Bertz CT molecular complexity index is 1540. The quantitative estimate of drug-likeness (QED) is 0.489. The number of benzene rings is 1. The summed E-state index contributed by atoms with van der Waals surface area (Å²) in [4.78, 5) is 30.3. The van der Waals surface area contributed by atoms with Crippen LogP contribution >= 0.6 is 0 Å². The summed E-state index contributed by atoms with van der Waals surface area (Å²) in [6, 6.07) is 12.8. The average molecular weight is 550 g/mol. The second-order valence-electron chi connectivity index (χ2n) is 11.5. The molecule has 0 saturated carbocycles. The molecule has 0 bridgehead atoms. The number of hydrogen-bond acceptors (Lipinski definition) is 9. The molecule has 1 amide bonds. The first-order valence-corrected chi connectivity index (χ1v) is 15.1. The van der Waals surface area contributed by atoms with E-state index in [0.717, 1.165) is 23.5 Å². The van der Waals surface area contributed by atoms with E-state index in [1.54, 1.807) is 49.7 Å². The summed E-state index contributed by atoms with van der Waals surface area (Å²) in [6.45, 7) is 6.90. The van der Waals surface area contributed by atoms with Crippen LogP contribution < -0.4 is 10.2 Å². The number of nitrogens with zero attached hydrogens (tertiary/aromatic N) is 6. The van der Waals surface area contributed by atoms with Gasteiger partial charge in [-0.25, -0.2) is 14.2 Å². The minimum absolute atomic E-state index is 0.0208. The maximum absolute atomic E-state index is 12.4. The maximum atomic E-state index is 12.4. The van der Waals surface area contributed by atoms with Gasteiger partial charge in [-0.2, -0.15) is 9.35 Å². The van der Waals surface area contributed by atoms with Gasteiger partial charge >= 0.3 is 0 Å². The van der Waals surface area contributed by atoms with Gasteiger partial charge < -0.3 is 19.9 Å². The van der Waals surface area contributed by atoms with E-state index in [0.29, 0.717) is 29.8 Å². The monoisotopic (exact) mass is 549 g/mol. The molecule has 1 fully saturated rings. The number of nitrogens with one attached hydrogen (secondary N) is 1. The Morgan fingerprint density at radius 3 is 2.51 bits per heavy atom. The molecule has 1 aromatic carbocycles. The van der Waals surface area contributed by atoms with E-state index in [9.17, 15) is 9.00 Å². The van der Waals surface area contributed by atoms with Gasteiger partial charge in [0.25, 0.3) is 5.91 Å². The van der Waals surface area contributed by atoms with Gasteiger partial charge in [-0.05, 0) is 56.7 Å². The Kier molecular flexibility index (Phi) is 6.62. The van der Waals surface area contributed by atoms with Crippen molar-refractivity contribution in [2.45, 2.75) is 44.2 Å². The number of amides is 1. The van der Waals surface area contributed by atoms with E-state index >= 15 is 0 Å². The smallest absolute Gasteiger partial charge is 0.253 e. The third-order valence-corrected chi connectivity index (χ3v) is 7.81. The summed E-state index contributed by atoms with van der Waals surface area (Å²) in [5.74, 6) is 2.22. The topological polar surface area (TPSA) is 113 Å². The highest BCUT2D eigenvalue weighted by atomic mass is 32.2. The fourth-order valence-electron chi connectivity index (χ4n) is 5.17. The molecule has 0 aliphatic carbocycles. The molecule has 3 aromatic rings. The summed E-state index contributed by atoms with van der Waals surface area (Å²) in [7, 11) is 1.08. The molecule has 5 rings (SSSR count). The first-order chi connectivity index (χ1) is 18.3. The highest BCUT2D eigenvalue weighted by Crippen LogP contribution is 2.53. The van der Waals surface area contributed by atoms with E-state index < -0.39 is 9.73 Å². The molecule has 0 spiro atoms. The lowest BCUT2D eigenvalue weighted by Gasteiger charge is -2.46. The molecule has 1 N–H and O–H groups in total. The summed E-state index contributed by atoms with van der Waals surface area (Å²) >= 11 is 0. The molecule has 11 heteroatoms. The van der Waals surface area contributed by atoms with Gasteiger partial charge in [-0.1, -0.05) is 13.0 Å². The zero-order valence-corrected chi connectivity index (χ0v) is 24.2. The molecular weight excluding hydrogens is 514 g/mol. The minimum atomic E-state index is -2.37. The number of hydrogen-bond donors (Lipinski definition) is 1. The van der Waals surface area contributed by atoms with Gasteiger partial charge in [-0.15, -0.1) is 0 Å². The normalized spacial score (nSPS) is 21.6. The summed E-state index contributed by atoms with van der Waals surface area (Å²) in [5.41, 5.74) is 1.68. The summed E-state index contributed by atoms with van der Waals surface area (Å²) in [5, 5.41) is 3.27. The lowest BCUT2D eigenvalue weighted by molar-refractivity contribution is -0.0893. The summed E-state index contributed by atoms with van der Waals surface area (Å²) < 4.78 is 23.0. The summed E-state index contributed by atoms with van der Waals surface area (Å²) in [6.07, 6.45) is 5.81. The molecule has 2 atom stereocenters. The SMILES string of the molecule is CN(C)C(=O)c1ccc(Nc2ncc3c(n2)N(c2cccc(N=S(C)(C)=O)n2)[C@@H]2CC(C)(C)OC[C@]32C)cc1. The van der Waals surface area contributed by atoms with Crippen LogP contribution in [0.2, 0.25) is 0 Å². The van der Waals surface area contributed by atoms with Gasteiger partial charge in [0.05, 0.1) is 18.2 Å². The zero-order valence-electron chi connectivity index (χ0n) is 23.4. The van der Waals surface area contributed by atoms with Crippen molar-refractivity contribution in [2.24, 2.45) is 4.36 Å². The molecule has 39 heavy (non-hydrogen) atoms. The Morgan fingerprint density at radius 2 is 1.85 bits per heavy atom. The molecule has 2 aliphatic heterocycles. The molecule has 1 saturated heterocycles. The fourth-order valence-corrected chi connectivity index (χ4v) is 5.72. The predicted molar refractivity (Wildman–Crippen MR) is 154 cm³/mol. The van der Waals surface area contributed by atoms with E-state index in [-0.39, 0.29) is 23.0 Å². The Balaban J connectivity index is 1.55. The highest BCUT2D eigenvalue weighted by molar-refractivity contribution is 7.92. The standard InChI is InChI=1S/C28H35N7O3S/c1-27(2)15-21-28(3,17-38-27)20-16-29-26(30-19-13-11-18(12-14-19)25(36)34(4)5)32-24(20)35(21)23-10-8-9-22(31-23)33-39(6,7)37/h8-14,16,21H,15,17H2,1-7H3,(H,29,30,32)/t21-,28-/m1/s1. The van der Waals surface area contributed by atoms with Crippen molar-refractivity contribution in [3.05, 3.63) is 59.8 Å². The molecule has 206 valence electrons. The lowest BCUT2D eigenvalue weighted by atomic mass is 9.73. The molecular formula is C28H35N7O3S. The van der Waals surface area contributed by atoms with Crippen molar-refractivity contribution < 1.29 is 13.7 Å². The maximum Gasteiger partial charge on any atom is 0.253 e. The Hall–Kier alpha value is -3.57. The Labute approximate surface area is 230 Å². The van der Waals surface area contributed by atoms with Crippen molar-refractivity contribution in [2.75, 3.05) is 43.4 Å². The average Bonchev–Trinajstić information content (AvgIpc) is 3.10. The van der Waals surface area contributed by atoms with E-state index in [2.05, 4.69) is 40.3 Å². The van der Waals surface area contributed by atoms with Crippen LogP contribution in [0.1, 0.15) is 43.1 Å². The van der Waals surface area contributed by atoms with Crippen LogP contribution in [0.15, 0.2) is 53.0 Å². The number of carbonyl (C=O) groups excluding carboxylic acids is 1. The highest BCUT2D eigenvalue weighted by Gasteiger charge is 2.55. The van der Waals surface area contributed by atoms with E-state index in [4.69, 9.17) is 14.7 Å². The van der Waals surface area contributed by atoms with Crippen LogP contribution in [0.25, 0.3) is 0 Å². The lowest BCUT2D eigenvalue weighted by Crippen LogP contribution is -2.54. The number of ether oxygens (including phenoxy) is 1. The second kappa shape index (κ2) is 9.56. The van der Waals surface area contributed by atoms with Crippen molar-refractivity contribution in [1.29, 1.82) is 0 Å². The number of carbonyl (C=O) groups is 1. The predicted octanol–water partition coefficient (Wildman–Crippen LogP) is 4.65. The fraction of sp³-hybridized carbons (Fsp3) is 0.429. The van der Waals surface area contributed by atoms with Crippen molar-refractivity contribution in [1.82, 2.24) is 19.9 Å². The number of aromatic nitrogens is 3. The first-order valence-electron chi connectivity index (χ1n) is 12.8. The van der Waals surface area contributed by atoms with E-state index in [1.165, 1.54) is 0 Å². The van der Waals surface area contributed by atoms with Crippen LogP contribution in [-0.4, -0.2) is 74.8 Å². The van der Waals surface area contributed by atoms with Crippen LogP contribution in [0, 0.1) is 0 Å². The first kappa shape index (κ1) is 27.0. The largest absolute Gasteiger partial charge is 0.374 e. The number of fused-ring (bicyclic) bond motifs is 3. The van der Waals surface area contributed by atoms with Gasteiger partial charge in [0.1, 0.15) is 11.6 Å². The van der Waals surface area contributed by atoms with Gasteiger partial charge in [0.2, 0.25) is 5.95 Å². The van der Waals surface area contributed by atoms with Gasteiger partial charge in [0.15, 0.2) is 5.82 Å². The van der Waals surface area contributed by atoms with Crippen LogP contribution in [-0.2, 0) is 19.9 Å². The minimum Gasteiger partial charge on any atom is -0.374 e. The third kappa shape index (κ3) is 5.33. The number of pyridine rings is 1. The molecule has 0 unspecified atom stereocenters. The molecule has 0 radical (unpaired) electrons. The molecule has 2 aliphatic rings. The Morgan fingerprint density at radius 1 is 1.13 bits per heavy atom. The van der Waals surface area contributed by atoms with Crippen LogP contribution in [0.3, 0.4) is 0 Å². The third-order valence-electron chi connectivity index (χ3n) is 7.18. The molecule has 2 aromatic heterocycles. The molecule has 10 nitrogen and oxygen atoms in total. The zero-order chi connectivity index (χ0) is 28.2. The van der Waals surface area contributed by atoms with Gasteiger partial charge in [-0.3, -0.25) is 4.79 Å². The van der Waals surface area contributed by atoms with Crippen LogP contribution in [0.4, 0.5) is 29.1 Å².